The van der Waals surface area contributed by atoms with Crippen molar-refractivity contribution in [3.8, 4) is 22.0 Å². The molecule has 4 rings (SSSR count). The van der Waals surface area contributed by atoms with Gasteiger partial charge in [-0.05, 0) is 24.6 Å². The molecule has 6 heteroatoms. The van der Waals surface area contributed by atoms with Gasteiger partial charge in [0.05, 0.1) is 18.0 Å². The van der Waals surface area contributed by atoms with Crippen LogP contribution in [-0.4, -0.2) is 24.7 Å². The van der Waals surface area contributed by atoms with Crippen LogP contribution in [0.25, 0.3) is 26.9 Å². The molecule has 0 fully saturated rings. The molecule has 0 unspecified atom stereocenters. The van der Waals surface area contributed by atoms with Crippen LogP contribution in [0.2, 0.25) is 0 Å². The zero-order valence-corrected chi connectivity index (χ0v) is 13.3. The maximum Gasteiger partial charge on any atom is 0.213 e. The monoisotopic (exact) mass is 322 g/mol. The normalized spacial score (nSPS) is 11.2. The molecule has 1 N–H and O–H groups in total. The van der Waals surface area contributed by atoms with Crippen LogP contribution < -0.4 is 0 Å². The third kappa shape index (κ3) is 2.32. The van der Waals surface area contributed by atoms with E-state index in [-0.39, 0.29) is 6.61 Å². The lowest BCUT2D eigenvalue weighted by Crippen LogP contribution is -1.96. The first-order chi connectivity index (χ1) is 11.3. The van der Waals surface area contributed by atoms with Crippen molar-refractivity contribution < 1.29 is 5.11 Å². The quantitative estimate of drug-likeness (QED) is 0.628. The van der Waals surface area contributed by atoms with Crippen molar-refractivity contribution in [2.75, 3.05) is 0 Å². The van der Waals surface area contributed by atoms with Gasteiger partial charge in [0.2, 0.25) is 4.96 Å². The number of fused-ring (bicyclic) bond motifs is 1. The van der Waals surface area contributed by atoms with Gasteiger partial charge in [-0.25, -0.2) is 9.50 Å². The summed E-state index contributed by atoms with van der Waals surface area (Å²) < 4.78 is 1.72. The van der Waals surface area contributed by atoms with E-state index in [4.69, 9.17) is 0 Å². The lowest BCUT2D eigenvalue weighted by molar-refractivity contribution is 0.275. The molecule has 0 aliphatic heterocycles. The first-order valence-electron chi connectivity index (χ1n) is 7.24. The average molecular weight is 322 g/mol. The van der Waals surface area contributed by atoms with Gasteiger partial charge in [-0.2, -0.15) is 5.10 Å². The highest BCUT2D eigenvalue weighted by Crippen LogP contribution is 2.31. The van der Waals surface area contributed by atoms with Gasteiger partial charge in [0.25, 0.3) is 0 Å². The van der Waals surface area contributed by atoms with E-state index >= 15 is 0 Å². The number of nitrogens with zero attached hydrogens (tertiary/aromatic N) is 4. The summed E-state index contributed by atoms with van der Waals surface area (Å²) in [4.78, 5) is 9.70. The summed E-state index contributed by atoms with van der Waals surface area (Å²) in [7, 11) is 0. The minimum atomic E-state index is -0.135. The highest BCUT2D eigenvalue weighted by molar-refractivity contribution is 7.19. The van der Waals surface area contributed by atoms with Crippen molar-refractivity contribution in [1.29, 1.82) is 0 Å². The molecule has 0 spiro atoms. The average Bonchev–Trinajstić information content (AvgIpc) is 3.13. The molecule has 0 amide bonds. The number of rotatable bonds is 3. The van der Waals surface area contributed by atoms with E-state index in [0.717, 1.165) is 21.2 Å². The number of imidazole rings is 1. The standard InChI is InChI=1S/C17H14N4OS/c1-11-6-2-3-7-12(11)16-20-21-14(10-22)15(19-17(21)23-16)13-8-4-5-9-18-13/h2-9,22H,10H2,1H3. The molecule has 4 aromatic rings. The molecular formula is C17H14N4OS. The fourth-order valence-corrected chi connectivity index (χ4v) is 3.57. The molecule has 0 radical (unpaired) electrons. The molecule has 5 nitrogen and oxygen atoms in total. The third-order valence-corrected chi connectivity index (χ3v) is 4.67. The lowest BCUT2D eigenvalue weighted by Gasteiger charge is -2.01. The molecule has 0 bridgehead atoms. The lowest BCUT2D eigenvalue weighted by atomic mass is 10.1. The van der Waals surface area contributed by atoms with Crippen molar-refractivity contribution in [2.24, 2.45) is 0 Å². The fourth-order valence-electron chi connectivity index (χ4n) is 2.56. The Morgan fingerprint density at radius 3 is 2.70 bits per heavy atom. The summed E-state index contributed by atoms with van der Waals surface area (Å²) in [5, 5.41) is 15.3. The zero-order chi connectivity index (χ0) is 15.8. The highest BCUT2D eigenvalue weighted by atomic mass is 32.1. The molecule has 0 saturated heterocycles. The van der Waals surface area contributed by atoms with Crippen LogP contribution in [0.3, 0.4) is 0 Å². The zero-order valence-electron chi connectivity index (χ0n) is 12.5. The Hall–Kier alpha value is -2.57. The van der Waals surface area contributed by atoms with E-state index in [2.05, 4.69) is 28.1 Å². The Morgan fingerprint density at radius 2 is 1.96 bits per heavy atom. The predicted molar refractivity (Wildman–Crippen MR) is 90.2 cm³/mol. The molecule has 23 heavy (non-hydrogen) atoms. The maximum atomic E-state index is 9.78. The van der Waals surface area contributed by atoms with Gasteiger partial charge in [-0.15, -0.1) is 0 Å². The number of aryl methyl sites for hydroxylation is 1. The van der Waals surface area contributed by atoms with E-state index in [1.807, 2.05) is 36.4 Å². The van der Waals surface area contributed by atoms with Crippen molar-refractivity contribution in [2.45, 2.75) is 13.5 Å². The maximum absolute atomic E-state index is 9.78. The first-order valence-corrected chi connectivity index (χ1v) is 8.06. The van der Waals surface area contributed by atoms with E-state index in [9.17, 15) is 5.11 Å². The van der Waals surface area contributed by atoms with Crippen molar-refractivity contribution in [3.05, 3.63) is 59.9 Å². The molecule has 3 aromatic heterocycles. The number of aliphatic hydroxyl groups is 1. The van der Waals surface area contributed by atoms with Crippen LogP contribution in [-0.2, 0) is 6.61 Å². The van der Waals surface area contributed by atoms with Crippen LogP contribution in [0.4, 0.5) is 0 Å². The van der Waals surface area contributed by atoms with Gasteiger partial charge in [0.15, 0.2) is 0 Å². The van der Waals surface area contributed by atoms with E-state index in [1.165, 1.54) is 16.9 Å². The van der Waals surface area contributed by atoms with Gasteiger partial charge in [-0.3, -0.25) is 4.98 Å². The topological polar surface area (TPSA) is 63.3 Å². The van der Waals surface area contributed by atoms with E-state index < -0.39 is 0 Å². The molecule has 0 aliphatic rings. The second-order valence-corrected chi connectivity index (χ2v) is 6.15. The smallest absolute Gasteiger partial charge is 0.213 e. The number of hydrogen-bond acceptors (Lipinski definition) is 5. The second-order valence-electron chi connectivity index (χ2n) is 5.20. The highest BCUT2D eigenvalue weighted by Gasteiger charge is 2.19. The Kier molecular flexibility index (Phi) is 3.40. The van der Waals surface area contributed by atoms with Crippen molar-refractivity contribution in [1.82, 2.24) is 19.6 Å². The fraction of sp³-hybridized carbons (Fsp3) is 0.118. The van der Waals surface area contributed by atoms with Crippen molar-refractivity contribution >= 4 is 16.3 Å². The van der Waals surface area contributed by atoms with Crippen LogP contribution in [0, 0.1) is 6.92 Å². The Balaban J connectivity index is 1.89. The summed E-state index contributed by atoms with van der Waals surface area (Å²) in [6.45, 7) is 1.93. The Morgan fingerprint density at radius 1 is 1.13 bits per heavy atom. The summed E-state index contributed by atoms with van der Waals surface area (Å²) in [5.74, 6) is 0. The van der Waals surface area contributed by atoms with Gasteiger partial charge >= 0.3 is 0 Å². The number of hydrogen-bond donors (Lipinski definition) is 1. The van der Waals surface area contributed by atoms with Crippen LogP contribution in [0.5, 0.6) is 0 Å². The van der Waals surface area contributed by atoms with E-state index in [1.54, 1.807) is 10.7 Å². The summed E-state index contributed by atoms with van der Waals surface area (Å²) in [5.41, 5.74) is 4.34. The number of aliphatic hydroxyl groups excluding tert-OH is 1. The molecule has 1 aromatic carbocycles. The minimum Gasteiger partial charge on any atom is -0.390 e. The summed E-state index contributed by atoms with van der Waals surface area (Å²) in [6.07, 6.45) is 1.72. The summed E-state index contributed by atoms with van der Waals surface area (Å²) in [6, 6.07) is 13.8. The van der Waals surface area contributed by atoms with Crippen LogP contribution >= 0.6 is 11.3 Å². The Bertz CT molecular complexity index is 975. The van der Waals surface area contributed by atoms with Gasteiger partial charge in [-0.1, -0.05) is 41.7 Å². The second kappa shape index (κ2) is 5.57. The summed E-state index contributed by atoms with van der Waals surface area (Å²) >= 11 is 1.51. The SMILES string of the molecule is Cc1ccccc1-c1nn2c(CO)c(-c3ccccn3)nc2s1. The molecule has 3 heterocycles. The van der Waals surface area contributed by atoms with Crippen molar-refractivity contribution in [3.63, 3.8) is 0 Å². The number of benzene rings is 1. The first kappa shape index (κ1) is 14.0. The molecule has 0 saturated carbocycles. The Labute approximate surface area is 136 Å². The largest absolute Gasteiger partial charge is 0.390 e. The van der Waals surface area contributed by atoms with E-state index in [0.29, 0.717) is 11.4 Å². The minimum absolute atomic E-state index is 0.135. The molecule has 114 valence electrons. The number of aromatic nitrogens is 4. The van der Waals surface area contributed by atoms with Gasteiger partial charge in [0, 0.05) is 11.8 Å². The predicted octanol–water partition coefficient (Wildman–Crippen LogP) is 3.32. The van der Waals surface area contributed by atoms with Gasteiger partial charge < -0.3 is 5.11 Å². The van der Waals surface area contributed by atoms with Gasteiger partial charge in [0.1, 0.15) is 10.7 Å². The molecular weight excluding hydrogens is 308 g/mol. The third-order valence-electron chi connectivity index (χ3n) is 3.73. The number of pyridine rings is 1. The molecule has 0 aliphatic carbocycles. The molecule has 0 atom stereocenters. The van der Waals surface area contributed by atoms with Crippen LogP contribution in [0.15, 0.2) is 48.7 Å². The van der Waals surface area contributed by atoms with Crippen LogP contribution in [0.1, 0.15) is 11.3 Å².